The van der Waals surface area contributed by atoms with Crippen molar-refractivity contribution in [3.05, 3.63) is 0 Å². The van der Waals surface area contributed by atoms with Crippen LogP contribution in [0.25, 0.3) is 0 Å². The molecule has 2 amide bonds. The van der Waals surface area contributed by atoms with Crippen LogP contribution in [0, 0.1) is 5.92 Å². The number of rotatable bonds is 4. The first-order valence-corrected chi connectivity index (χ1v) is 8.40. The Morgan fingerprint density at radius 1 is 1.05 bits per heavy atom. The van der Waals surface area contributed by atoms with Crippen LogP contribution in [0.2, 0.25) is 0 Å². The first-order chi connectivity index (χ1) is 10.1. The predicted octanol–water partition coefficient (Wildman–Crippen LogP) is 1.36. The molecule has 1 saturated heterocycles. The van der Waals surface area contributed by atoms with Gasteiger partial charge in [-0.2, -0.15) is 0 Å². The lowest BCUT2D eigenvalue weighted by atomic mass is 9.86. The first-order valence-electron chi connectivity index (χ1n) is 8.40. The van der Waals surface area contributed by atoms with E-state index in [2.05, 4.69) is 0 Å². The molecule has 1 saturated carbocycles. The molecule has 0 aromatic heterocycles. The monoisotopic (exact) mass is 295 g/mol. The fourth-order valence-corrected chi connectivity index (χ4v) is 3.43. The summed E-state index contributed by atoms with van der Waals surface area (Å²) in [7, 11) is 0. The molecule has 0 bridgehead atoms. The number of hydrogen-bond acceptors (Lipinski definition) is 3. The molecule has 1 aliphatic heterocycles. The van der Waals surface area contributed by atoms with Crippen LogP contribution in [0.15, 0.2) is 0 Å². The highest BCUT2D eigenvalue weighted by Crippen LogP contribution is 2.27. The van der Waals surface area contributed by atoms with Crippen molar-refractivity contribution in [3.8, 4) is 0 Å². The van der Waals surface area contributed by atoms with E-state index in [-0.39, 0.29) is 11.8 Å². The maximum atomic E-state index is 12.2. The van der Waals surface area contributed by atoms with Crippen LogP contribution in [0.3, 0.4) is 0 Å². The van der Waals surface area contributed by atoms with E-state index in [4.69, 9.17) is 5.73 Å². The predicted molar refractivity (Wildman–Crippen MR) is 82.6 cm³/mol. The van der Waals surface area contributed by atoms with Crippen molar-refractivity contribution < 1.29 is 9.59 Å². The summed E-state index contributed by atoms with van der Waals surface area (Å²) in [5.41, 5.74) is 5.62. The van der Waals surface area contributed by atoms with Gasteiger partial charge in [0.05, 0.1) is 6.04 Å². The molecule has 2 rings (SSSR count). The van der Waals surface area contributed by atoms with Gasteiger partial charge >= 0.3 is 0 Å². The molecule has 0 aromatic rings. The molecule has 0 spiro atoms. The van der Waals surface area contributed by atoms with E-state index in [9.17, 15) is 9.59 Å². The summed E-state index contributed by atoms with van der Waals surface area (Å²) in [6.45, 7) is 4.26. The summed E-state index contributed by atoms with van der Waals surface area (Å²) < 4.78 is 0. The number of nitrogens with two attached hydrogens (primary N) is 1. The zero-order valence-corrected chi connectivity index (χ0v) is 13.2. The molecule has 21 heavy (non-hydrogen) atoms. The van der Waals surface area contributed by atoms with Gasteiger partial charge in [-0.1, -0.05) is 32.1 Å². The second-order valence-electron chi connectivity index (χ2n) is 6.54. The Morgan fingerprint density at radius 3 is 2.19 bits per heavy atom. The summed E-state index contributed by atoms with van der Waals surface area (Å²) in [5, 5.41) is 0. The second-order valence-corrected chi connectivity index (χ2v) is 6.54. The van der Waals surface area contributed by atoms with Gasteiger partial charge in [0.25, 0.3) is 0 Å². The van der Waals surface area contributed by atoms with Crippen molar-refractivity contribution in [1.29, 1.82) is 0 Å². The highest BCUT2D eigenvalue weighted by atomic mass is 16.2. The van der Waals surface area contributed by atoms with Crippen LogP contribution in [-0.2, 0) is 9.59 Å². The molecule has 0 aromatic carbocycles. The van der Waals surface area contributed by atoms with Crippen molar-refractivity contribution in [2.75, 3.05) is 26.2 Å². The Labute approximate surface area is 127 Å². The van der Waals surface area contributed by atoms with Crippen molar-refractivity contribution in [3.63, 3.8) is 0 Å². The molecular weight excluding hydrogens is 266 g/mol. The van der Waals surface area contributed by atoms with Crippen LogP contribution in [-0.4, -0.2) is 53.8 Å². The van der Waals surface area contributed by atoms with E-state index >= 15 is 0 Å². The molecule has 1 atom stereocenters. The van der Waals surface area contributed by atoms with E-state index in [0.29, 0.717) is 32.6 Å². The summed E-state index contributed by atoms with van der Waals surface area (Å²) in [6, 6.07) is -0.446. The Balaban J connectivity index is 1.69. The van der Waals surface area contributed by atoms with E-state index in [1.165, 1.54) is 32.1 Å². The largest absolute Gasteiger partial charge is 0.339 e. The summed E-state index contributed by atoms with van der Waals surface area (Å²) >= 11 is 0. The molecular formula is C16H29N3O2. The van der Waals surface area contributed by atoms with Crippen molar-refractivity contribution >= 4 is 11.8 Å². The molecule has 0 radical (unpaired) electrons. The van der Waals surface area contributed by atoms with Crippen molar-refractivity contribution in [2.24, 2.45) is 11.7 Å². The third kappa shape index (κ3) is 4.70. The molecule has 1 aliphatic carbocycles. The number of amides is 2. The maximum absolute atomic E-state index is 12.2. The van der Waals surface area contributed by atoms with Crippen LogP contribution in [0.4, 0.5) is 0 Å². The topological polar surface area (TPSA) is 66.6 Å². The Kier molecular flexibility index (Phi) is 6.03. The quantitative estimate of drug-likeness (QED) is 0.851. The fraction of sp³-hybridized carbons (Fsp3) is 0.875. The second kappa shape index (κ2) is 7.78. The van der Waals surface area contributed by atoms with Gasteiger partial charge in [-0.25, -0.2) is 0 Å². The average Bonchev–Trinajstić information content (AvgIpc) is 2.53. The van der Waals surface area contributed by atoms with Gasteiger partial charge in [-0.05, 0) is 19.3 Å². The van der Waals surface area contributed by atoms with Gasteiger partial charge < -0.3 is 15.5 Å². The third-order valence-corrected chi connectivity index (χ3v) is 4.82. The van der Waals surface area contributed by atoms with Gasteiger partial charge in [-0.15, -0.1) is 0 Å². The minimum Gasteiger partial charge on any atom is -0.339 e. The fourth-order valence-electron chi connectivity index (χ4n) is 3.43. The lowest BCUT2D eigenvalue weighted by molar-refractivity contribution is -0.140. The molecule has 0 unspecified atom stereocenters. The van der Waals surface area contributed by atoms with E-state index in [1.54, 1.807) is 11.8 Å². The number of piperazine rings is 1. The molecule has 2 aliphatic rings. The van der Waals surface area contributed by atoms with Gasteiger partial charge in [0, 0.05) is 32.6 Å². The minimum atomic E-state index is -0.446. The molecule has 5 heteroatoms. The van der Waals surface area contributed by atoms with Gasteiger partial charge in [-0.3, -0.25) is 9.59 Å². The summed E-state index contributed by atoms with van der Waals surface area (Å²) in [6.07, 6.45) is 8.32. The summed E-state index contributed by atoms with van der Waals surface area (Å²) in [5.74, 6) is 1.00. The van der Waals surface area contributed by atoms with Crippen LogP contribution >= 0.6 is 0 Å². The van der Waals surface area contributed by atoms with Crippen LogP contribution in [0.1, 0.15) is 51.9 Å². The normalized spacial score (nSPS) is 22.2. The Bertz CT molecular complexity index is 357. The summed E-state index contributed by atoms with van der Waals surface area (Å²) in [4.78, 5) is 27.7. The van der Waals surface area contributed by atoms with Crippen molar-refractivity contribution in [1.82, 2.24) is 9.80 Å². The smallest absolute Gasteiger partial charge is 0.239 e. The SMILES string of the molecule is C[C@H](N)C(=O)N1CCN(C(=O)CCC2CCCCC2)CC1. The molecule has 2 fully saturated rings. The molecule has 120 valence electrons. The minimum absolute atomic E-state index is 0.00990. The zero-order chi connectivity index (χ0) is 15.2. The maximum Gasteiger partial charge on any atom is 0.239 e. The van der Waals surface area contributed by atoms with Gasteiger partial charge in [0.2, 0.25) is 11.8 Å². The Hall–Kier alpha value is -1.10. The average molecular weight is 295 g/mol. The lowest BCUT2D eigenvalue weighted by Gasteiger charge is -2.35. The number of carbonyl (C=O) groups is 2. The number of nitrogens with zero attached hydrogens (tertiary/aromatic N) is 2. The standard InChI is InChI=1S/C16H29N3O2/c1-13(17)16(21)19-11-9-18(10-12-19)15(20)8-7-14-5-3-2-4-6-14/h13-14H,2-12,17H2,1H3/t13-/m0/s1. The number of carbonyl (C=O) groups excluding carboxylic acids is 2. The van der Waals surface area contributed by atoms with E-state index in [0.717, 1.165) is 12.3 Å². The lowest BCUT2D eigenvalue weighted by Crippen LogP contribution is -2.53. The van der Waals surface area contributed by atoms with Crippen molar-refractivity contribution in [2.45, 2.75) is 57.9 Å². The third-order valence-electron chi connectivity index (χ3n) is 4.82. The van der Waals surface area contributed by atoms with Gasteiger partial charge in [0.1, 0.15) is 0 Å². The van der Waals surface area contributed by atoms with E-state index < -0.39 is 6.04 Å². The van der Waals surface area contributed by atoms with Crippen LogP contribution < -0.4 is 5.73 Å². The van der Waals surface area contributed by atoms with Crippen LogP contribution in [0.5, 0.6) is 0 Å². The van der Waals surface area contributed by atoms with E-state index in [1.807, 2.05) is 4.90 Å². The highest BCUT2D eigenvalue weighted by molar-refractivity contribution is 5.82. The highest BCUT2D eigenvalue weighted by Gasteiger charge is 2.25. The zero-order valence-electron chi connectivity index (χ0n) is 13.2. The number of hydrogen-bond donors (Lipinski definition) is 1. The first kappa shape index (κ1) is 16.3. The molecule has 1 heterocycles. The van der Waals surface area contributed by atoms with Gasteiger partial charge in [0.15, 0.2) is 0 Å². The Morgan fingerprint density at radius 2 is 1.62 bits per heavy atom. The molecule has 2 N–H and O–H groups in total. The molecule has 5 nitrogen and oxygen atoms in total.